The highest BCUT2D eigenvalue weighted by atomic mass is 16.6. The minimum atomic E-state index is -0.281. The molecule has 4 nitrogen and oxygen atoms in total. The number of hydrogen-bond acceptors (Lipinski definition) is 3. The summed E-state index contributed by atoms with van der Waals surface area (Å²) in [4.78, 5) is 11.5. The highest BCUT2D eigenvalue weighted by Crippen LogP contribution is 2.17. The molecule has 2 heterocycles. The molecule has 1 aliphatic heterocycles. The molecule has 0 bridgehead atoms. The van der Waals surface area contributed by atoms with E-state index in [0.29, 0.717) is 18.2 Å². The van der Waals surface area contributed by atoms with Crippen molar-refractivity contribution in [3.8, 4) is 0 Å². The number of oxazole rings is 1. The Morgan fingerprint density at radius 2 is 2.20 bits per heavy atom. The van der Waals surface area contributed by atoms with Gasteiger partial charge in [0.1, 0.15) is 0 Å². The maximum Gasteiger partial charge on any atom is 0.419 e. The molecule has 1 aromatic heterocycles. The summed E-state index contributed by atoms with van der Waals surface area (Å²) in [6, 6.07) is 7.47. The molecule has 0 spiro atoms. The first-order valence-corrected chi connectivity index (χ1v) is 5.04. The van der Waals surface area contributed by atoms with E-state index in [1.165, 1.54) is 0 Å². The summed E-state index contributed by atoms with van der Waals surface area (Å²) < 4.78 is 11.9. The van der Waals surface area contributed by atoms with Crippen molar-refractivity contribution in [2.75, 3.05) is 6.61 Å². The predicted molar refractivity (Wildman–Crippen MR) is 54.8 cm³/mol. The van der Waals surface area contributed by atoms with Gasteiger partial charge >= 0.3 is 5.76 Å². The molecule has 0 radical (unpaired) electrons. The average Bonchev–Trinajstić information content (AvgIpc) is 3.00. The molecule has 2 aromatic rings. The van der Waals surface area contributed by atoms with Gasteiger partial charge in [0.05, 0.1) is 18.2 Å². The Labute approximate surface area is 86.1 Å². The molecule has 0 N–H and O–H groups in total. The Balaban J connectivity index is 1.99. The van der Waals surface area contributed by atoms with Crippen molar-refractivity contribution < 1.29 is 9.15 Å². The number of nitrogens with zero attached hydrogens (tertiary/aromatic N) is 1. The molecule has 0 saturated carbocycles. The lowest BCUT2D eigenvalue weighted by Gasteiger charge is -1.98. The standard InChI is InChI=1S/C11H11NO3/c13-11-12(6-5-8-7-14-8)9-3-1-2-4-10(9)15-11/h1-4,8H,5-7H2. The van der Waals surface area contributed by atoms with Crippen molar-refractivity contribution in [2.45, 2.75) is 19.1 Å². The van der Waals surface area contributed by atoms with Crippen molar-refractivity contribution in [3.05, 3.63) is 34.8 Å². The van der Waals surface area contributed by atoms with E-state index in [1.54, 1.807) is 10.6 Å². The minimum absolute atomic E-state index is 0.281. The van der Waals surface area contributed by atoms with Gasteiger partial charge in [-0.1, -0.05) is 12.1 Å². The molecule has 1 fully saturated rings. The van der Waals surface area contributed by atoms with Crippen LogP contribution in [-0.4, -0.2) is 17.3 Å². The van der Waals surface area contributed by atoms with E-state index >= 15 is 0 Å². The summed E-state index contributed by atoms with van der Waals surface area (Å²) in [6.07, 6.45) is 1.22. The second kappa shape index (κ2) is 3.24. The fraction of sp³-hybridized carbons (Fsp3) is 0.364. The third-order valence-electron chi connectivity index (χ3n) is 2.65. The Morgan fingerprint density at radius 1 is 1.40 bits per heavy atom. The first kappa shape index (κ1) is 8.73. The van der Waals surface area contributed by atoms with Gasteiger partial charge in [-0.3, -0.25) is 4.57 Å². The van der Waals surface area contributed by atoms with Crippen LogP contribution in [0, 0.1) is 0 Å². The molecule has 15 heavy (non-hydrogen) atoms. The predicted octanol–water partition coefficient (Wildman–Crippen LogP) is 1.38. The summed E-state index contributed by atoms with van der Waals surface area (Å²) in [5, 5.41) is 0. The average molecular weight is 205 g/mol. The topological polar surface area (TPSA) is 47.7 Å². The van der Waals surface area contributed by atoms with Gasteiger partial charge in [0.25, 0.3) is 0 Å². The zero-order valence-corrected chi connectivity index (χ0v) is 8.18. The SMILES string of the molecule is O=c1oc2ccccc2n1CCC1CO1. The van der Waals surface area contributed by atoms with Gasteiger partial charge in [-0.15, -0.1) is 0 Å². The number of rotatable bonds is 3. The smallest absolute Gasteiger partial charge is 0.408 e. The lowest BCUT2D eigenvalue weighted by atomic mass is 10.3. The Morgan fingerprint density at radius 3 is 3.00 bits per heavy atom. The van der Waals surface area contributed by atoms with Crippen LogP contribution in [0.2, 0.25) is 0 Å². The first-order chi connectivity index (χ1) is 7.34. The number of hydrogen-bond donors (Lipinski definition) is 0. The number of para-hydroxylation sites is 2. The molecule has 4 heteroatoms. The van der Waals surface area contributed by atoms with E-state index in [0.717, 1.165) is 18.5 Å². The number of fused-ring (bicyclic) bond motifs is 1. The zero-order chi connectivity index (χ0) is 10.3. The molecule has 78 valence electrons. The normalized spacial score (nSPS) is 19.6. The van der Waals surface area contributed by atoms with Crippen molar-refractivity contribution in [1.82, 2.24) is 4.57 Å². The van der Waals surface area contributed by atoms with Gasteiger partial charge in [0, 0.05) is 6.54 Å². The molecule has 1 unspecified atom stereocenters. The van der Waals surface area contributed by atoms with E-state index in [1.807, 2.05) is 18.2 Å². The van der Waals surface area contributed by atoms with Gasteiger partial charge in [-0.2, -0.15) is 0 Å². The monoisotopic (exact) mass is 205 g/mol. The largest absolute Gasteiger partial charge is 0.419 e. The lowest BCUT2D eigenvalue weighted by Crippen LogP contribution is -2.15. The number of aryl methyl sites for hydroxylation is 1. The van der Waals surface area contributed by atoms with Gasteiger partial charge < -0.3 is 9.15 Å². The summed E-state index contributed by atoms with van der Waals surface area (Å²) in [7, 11) is 0. The third-order valence-corrected chi connectivity index (χ3v) is 2.65. The van der Waals surface area contributed by atoms with Crippen LogP contribution in [0.25, 0.3) is 11.1 Å². The van der Waals surface area contributed by atoms with Crippen LogP contribution >= 0.6 is 0 Å². The Bertz CT molecular complexity index is 536. The third kappa shape index (κ3) is 1.57. The summed E-state index contributed by atoms with van der Waals surface area (Å²) in [5.41, 5.74) is 1.52. The highest BCUT2D eigenvalue weighted by molar-refractivity contribution is 5.72. The Hall–Kier alpha value is -1.55. The van der Waals surface area contributed by atoms with E-state index in [-0.39, 0.29) is 5.76 Å². The summed E-state index contributed by atoms with van der Waals surface area (Å²) >= 11 is 0. The van der Waals surface area contributed by atoms with Crippen molar-refractivity contribution in [1.29, 1.82) is 0 Å². The fourth-order valence-electron chi connectivity index (χ4n) is 1.73. The van der Waals surface area contributed by atoms with Gasteiger partial charge in [0.2, 0.25) is 0 Å². The maximum atomic E-state index is 11.5. The number of epoxide rings is 1. The van der Waals surface area contributed by atoms with Crippen LogP contribution in [-0.2, 0) is 11.3 Å². The fourth-order valence-corrected chi connectivity index (χ4v) is 1.73. The van der Waals surface area contributed by atoms with Crippen LogP contribution in [0.15, 0.2) is 33.5 Å². The highest BCUT2D eigenvalue weighted by Gasteiger charge is 2.22. The molecule has 0 aliphatic carbocycles. The van der Waals surface area contributed by atoms with Gasteiger partial charge in [0.15, 0.2) is 5.58 Å². The molecule has 3 rings (SSSR count). The number of ether oxygens (including phenoxy) is 1. The first-order valence-electron chi connectivity index (χ1n) is 5.04. The van der Waals surface area contributed by atoms with Crippen LogP contribution in [0.1, 0.15) is 6.42 Å². The lowest BCUT2D eigenvalue weighted by molar-refractivity contribution is 0.380. The molecular formula is C11H11NO3. The van der Waals surface area contributed by atoms with E-state index in [2.05, 4.69) is 0 Å². The van der Waals surface area contributed by atoms with Crippen molar-refractivity contribution >= 4 is 11.1 Å². The second-order valence-corrected chi connectivity index (χ2v) is 3.73. The van der Waals surface area contributed by atoms with Crippen LogP contribution in [0.3, 0.4) is 0 Å². The van der Waals surface area contributed by atoms with Gasteiger partial charge in [-0.25, -0.2) is 4.79 Å². The molecule has 1 aliphatic rings. The molecule has 1 saturated heterocycles. The van der Waals surface area contributed by atoms with Crippen molar-refractivity contribution in [2.24, 2.45) is 0 Å². The summed E-state index contributed by atoms with van der Waals surface area (Å²) in [5.74, 6) is -0.281. The number of benzene rings is 1. The molecule has 1 atom stereocenters. The van der Waals surface area contributed by atoms with E-state index < -0.39 is 0 Å². The molecule has 0 amide bonds. The molecule has 1 aromatic carbocycles. The van der Waals surface area contributed by atoms with Crippen LogP contribution < -0.4 is 5.76 Å². The number of aromatic nitrogens is 1. The van der Waals surface area contributed by atoms with Crippen LogP contribution in [0.5, 0.6) is 0 Å². The minimum Gasteiger partial charge on any atom is -0.408 e. The zero-order valence-electron chi connectivity index (χ0n) is 8.18. The van der Waals surface area contributed by atoms with Crippen molar-refractivity contribution in [3.63, 3.8) is 0 Å². The van der Waals surface area contributed by atoms with Gasteiger partial charge in [-0.05, 0) is 18.6 Å². The Kier molecular flexibility index (Phi) is 1.89. The molecular weight excluding hydrogens is 194 g/mol. The maximum absolute atomic E-state index is 11.5. The summed E-state index contributed by atoms with van der Waals surface area (Å²) in [6.45, 7) is 1.49. The van der Waals surface area contributed by atoms with Crippen LogP contribution in [0.4, 0.5) is 0 Å². The van der Waals surface area contributed by atoms with E-state index in [4.69, 9.17) is 9.15 Å². The van der Waals surface area contributed by atoms with E-state index in [9.17, 15) is 4.79 Å². The quantitative estimate of drug-likeness (QED) is 0.711. The second-order valence-electron chi connectivity index (χ2n) is 3.73.